The van der Waals surface area contributed by atoms with Crippen LogP contribution in [0.1, 0.15) is 27.2 Å². The molecule has 0 aliphatic rings. The van der Waals surface area contributed by atoms with Crippen molar-refractivity contribution >= 4 is 0 Å². The molecule has 8 heavy (non-hydrogen) atoms. The van der Waals surface area contributed by atoms with Crippen molar-refractivity contribution in [2.24, 2.45) is 5.92 Å². The zero-order valence-electron chi connectivity index (χ0n) is 5.81. The molecule has 1 atom stereocenters. The van der Waals surface area contributed by atoms with E-state index in [2.05, 4.69) is 13.8 Å². The molecule has 0 aromatic rings. The van der Waals surface area contributed by atoms with Crippen molar-refractivity contribution in [3.05, 3.63) is 11.8 Å². The summed E-state index contributed by atoms with van der Waals surface area (Å²) in [5.41, 5.74) is 1.06. The smallest absolute Gasteiger partial charge is 0.0783 e. The lowest BCUT2D eigenvalue weighted by atomic mass is 10.0. The Labute approximate surface area is 51.0 Å². The summed E-state index contributed by atoms with van der Waals surface area (Å²) >= 11 is 0. The molecule has 0 aromatic carbocycles. The van der Waals surface area contributed by atoms with E-state index in [-0.39, 0.29) is 0 Å². The van der Waals surface area contributed by atoms with Crippen molar-refractivity contribution in [2.75, 3.05) is 0 Å². The van der Waals surface area contributed by atoms with Gasteiger partial charge in [-0.3, -0.25) is 0 Å². The number of hydrogen-bond acceptors (Lipinski definition) is 1. The maximum Gasteiger partial charge on any atom is 0.0783 e. The van der Waals surface area contributed by atoms with Crippen LogP contribution in [-0.2, 0) is 0 Å². The van der Waals surface area contributed by atoms with Gasteiger partial charge in [0, 0.05) is 0 Å². The van der Waals surface area contributed by atoms with Gasteiger partial charge in [-0.25, -0.2) is 0 Å². The number of rotatable bonds is 2. The lowest BCUT2D eigenvalue weighted by Gasteiger charge is -2.05. The Balaban J connectivity index is 3.63. The number of allylic oxidation sites excluding steroid dienone is 1. The van der Waals surface area contributed by atoms with Crippen LogP contribution in [0.15, 0.2) is 11.8 Å². The molecule has 1 nitrogen and oxygen atoms in total. The van der Waals surface area contributed by atoms with Gasteiger partial charge in [0.25, 0.3) is 0 Å². The second-order valence-electron chi connectivity index (χ2n) is 2.18. The van der Waals surface area contributed by atoms with E-state index >= 15 is 0 Å². The number of aliphatic hydroxyl groups excluding tert-OH is 1. The highest BCUT2D eigenvalue weighted by molar-refractivity contribution is 4.96. The topological polar surface area (TPSA) is 20.2 Å². The van der Waals surface area contributed by atoms with Crippen molar-refractivity contribution < 1.29 is 5.11 Å². The Hall–Kier alpha value is -0.460. The summed E-state index contributed by atoms with van der Waals surface area (Å²) in [4.78, 5) is 0. The molecule has 0 saturated heterocycles. The fraction of sp³-hybridized carbons (Fsp3) is 0.714. The Morgan fingerprint density at radius 3 is 2.38 bits per heavy atom. The fourth-order valence-corrected chi connectivity index (χ4v) is 0.449. The van der Waals surface area contributed by atoms with Gasteiger partial charge in [0.2, 0.25) is 0 Å². The lowest BCUT2D eigenvalue weighted by Crippen LogP contribution is -1.92. The third kappa shape index (κ3) is 2.01. The van der Waals surface area contributed by atoms with Gasteiger partial charge in [0.05, 0.1) is 6.26 Å². The van der Waals surface area contributed by atoms with Crippen LogP contribution in [0, 0.1) is 5.92 Å². The third-order valence-corrected chi connectivity index (χ3v) is 1.59. The highest BCUT2D eigenvalue weighted by Crippen LogP contribution is 2.11. The standard InChI is InChI=1S/C7H14O/c1-4-6(2)7(3)5-8/h5-6,8H,4H2,1-3H3. The van der Waals surface area contributed by atoms with Crippen LogP contribution in [-0.4, -0.2) is 5.11 Å². The normalized spacial score (nSPS) is 16.1. The van der Waals surface area contributed by atoms with Crippen LogP contribution >= 0.6 is 0 Å². The lowest BCUT2D eigenvalue weighted by molar-refractivity contribution is 0.454. The zero-order valence-corrected chi connectivity index (χ0v) is 5.81. The zero-order chi connectivity index (χ0) is 6.57. The molecule has 0 bridgehead atoms. The van der Waals surface area contributed by atoms with Crippen LogP contribution in [0.3, 0.4) is 0 Å². The first-order chi connectivity index (χ1) is 3.72. The predicted molar refractivity (Wildman–Crippen MR) is 35.8 cm³/mol. The van der Waals surface area contributed by atoms with Crippen molar-refractivity contribution in [2.45, 2.75) is 27.2 Å². The SMILES string of the molecule is CCC(C)C(C)=CO. The molecule has 0 aromatic heterocycles. The maximum atomic E-state index is 8.47. The molecular weight excluding hydrogens is 100 g/mol. The molecular formula is C7H14O. The van der Waals surface area contributed by atoms with E-state index in [1.165, 1.54) is 6.26 Å². The summed E-state index contributed by atoms with van der Waals surface area (Å²) in [6.07, 6.45) is 2.29. The summed E-state index contributed by atoms with van der Waals surface area (Å²) in [5.74, 6) is 0.528. The van der Waals surface area contributed by atoms with Gasteiger partial charge in [-0.1, -0.05) is 13.8 Å². The summed E-state index contributed by atoms with van der Waals surface area (Å²) in [5, 5.41) is 8.47. The van der Waals surface area contributed by atoms with Crippen molar-refractivity contribution in [3.8, 4) is 0 Å². The molecule has 1 heteroatoms. The highest BCUT2D eigenvalue weighted by atomic mass is 16.2. The second-order valence-corrected chi connectivity index (χ2v) is 2.18. The average Bonchev–Trinajstić information content (AvgIpc) is 1.84. The number of aliphatic hydroxyl groups is 1. The molecule has 0 fully saturated rings. The molecule has 1 unspecified atom stereocenters. The number of hydrogen-bond donors (Lipinski definition) is 1. The molecule has 0 spiro atoms. The molecule has 0 aliphatic heterocycles. The second kappa shape index (κ2) is 3.53. The summed E-state index contributed by atoms with van der Waals surface area (Å²) in [7, 11) is 0. The molecule has 48 valence electrons. The molecule has 0 radical (unpaired) electrons. The first kappa shape index (κ1) is 7.54. The van der Waals surface area contributed by atoms with E-state index in [1.807, 2.05) is 6.92 Å². The van der Waals surface area contributed by atoms with Gasteiger partial charge in [0.1, 0.15) is 0 Å². The molecule has 1 N–H and O–H groups in total. The van der Waals surface area contributed by atoms with Crippen molar-refractivity contribution in [3.63, 3.8) is 0 Å². The minimum Gasteiger partial charge on any atom is -0.516 e. The Kier molecular flexibility index (Phi) is 3.33. The minimum absolute atomic E-state index is 0.528. The summed E-state index contributed by atoms with van der Waals surface area (Å²) in [6.45, 7) is 6.15. The molecule has 0 saturated carbocycles. The van der Waals surface area contributed by atoms with Crippen molar-refractivity contribution in [1.82, 2.24) is 0 Å². The van der Waals surface area contributed by atoms with E-state index in [0.717, 1.165) is 12.0 Å². The van der Waals surface area contributed by atoms with Gasteiger partial charge in [-0.05, 0) is 24.8 Å². The van der Waals surface area contributed by atoms with Crippen molar-refractivity contribution in [1.29, 1.82) is 0 Å². The van der Waals surface area contributed by atoms with Crippen LogP contribution < -0.4 is 0 Å². The van der Waals surface area contributed by atoms with Gasteiger partial charge in [-0.15, -0.1) is 0 Å². The fourth-order valence-electron chi connectivity index (χ4n) is 0.449. The van der Waals surface area contributed by atoms with Crippen LogP contribution in [0.25, 0.3) is 0 Å². The van der Waals surface area contributed by atoms with Gasteiger partial charge in [-0.2, -0.15) is 0 Å². The summed E-state index contributed by atoms with van der Waals surface area (Å²) < 4.78 is 0. The first-order valence-corrected chi connectivity index (χ1v) is 3.03. The monoisotopic (exact) mass is 114 g/mol. The van der Waals surface area contributed by atoms with E-state index in [4.69, 9.17) is 5.11 Å². The largest absolute Gasteiger partial charge is 0.516 e. The predicted octanol–water partition coefficient (Wildman–Crippen LogP) is 2.49. The van der Waals surface area contributed by atoms with Gasteiger partial charge < -0.3 is 5.11 Å². The van der Waals surface area contributed by atoms with Gasteiger partial charge >= 0.3 is 0 Å². The van der Waals surface area contributed by atoms with Gasteiger partial charge in [0.15, 0.2) is 0 Å². The molecule has 0 heterocycles. The molecule has 0 amide bonds. The molecule has 0 aliphatic carbocycles. The third-order valence-electron chi connectivity index (χ3n) is 1.59. The highest BCUT2D eigenvalue weighted by Gasteiger charge is 1.98. The van der Waals surface area contributed by atoms with E-state index in [1.54, 1.807) is 0 Å². The van der Waals surface area contributed by atoms with Crippen LogP contribution in [0.4, 0.5) is 0 Å². The minimum atomic E-state index is 0.528. The van der Waals surface area contributed by atoms with E-state index in [9.17, 15) is 0 Å². The Bertz CT molecular complexity index is 84.4. The first-order valence-electron chi connectivity index (χ1n) is 3.03. The average molecular weight is 114 g/mol. The Morgan fingerprint density at radius 2 is 2.25 bits per heavy atom. The van der Waals surface area contributed by atoms with Crippen LogP contribution in [0.5, 0.6) is 0 Å². The van der Waals surface area contributed by atoms with E-state index < -0.39 is 0 Å². The summed E-state index contributed by atoms with van der Waals surface area (Å²) in [6, 6.07) is 0. The quantitative estimate of drug-likeness (QED) is 0.547. The Morgan fingerprint density at radius 1 is 1.75 bits per heavy atom. The maximum absolute atomic E-state index is 8.47. The van der Waals surface area contributed by atoms with Crippen LogP contribution in [0.2, 0.25) is 0 Å². The van der Waals surface area contributed by atoms with E-state index in [0.29, 0.717) is 5.92 Å². The molecule has 0 rings (SSSR count).